The van der Waals surface area contributed by atoms with Gasteiger partial charge in [0.2, 0.25) is 0 Å². The first kappa shape index (κ1) is 26.5. The lowest BCUT2D eigenvalue weighted by atomic mass is 9.83. The van der Waals surface area contributed by atoms with E-state index >= 15 is 0 Å². The standard InChI is InChI=1S/C25H50O2/c1-5-8-10-11-12-13-14-15-17-22(4)19-20-24(25(26)27)21-23(16-7-3)18-9-6-2/h22-24H,5-21H2,1-4H3,(H,26,27). The van der Waals surface area contributed by atoms with E-state index in [1.54, 1.807) is 0 Å². The number of carboxylic acids is 1. The van der Waals surface area contributed by atoms with Crippen LogP contribution >= 0.6 is 0 Å². The van der Waals surface area contributed by atoms with Crippen LogP contribution in [0, 0.1) is 17.8 Å². The van der Waals surface area contributed by atoms with Crippen LogP contribution in [-0.2, 0) is 4.79 Å². The third kappa shape index (κ3) is 16.2. The minimum Gasteiger partial charge on any atom is -0.481 e. The molecule has 1 N–H and O–H groups in total. The molecule has 0 aliphatic rings. The van der Waals surface area contributed by atoms with Gasteiger partial charge in [0, 0.05) is 0 Å². The largest absolute Gasteiger partial charge is 0.481 e. The van der Waals surface area contributed by atoms with E-state index in [2.05, 4.69) is 27.7 Å². The van der Waals surface area contributed by atoms with E-state index in [1.807, 2.05) is 0 Å². The van der Waals surface area contributed by atoms with Crippen LogP contribution in [0.4, 0.5) is 0 Å². The van der Waals surface area contributed by atoms with E-state index in [9.17, 15) is 9.90 Å². The Hall–Kier alpha value is -0.530. The van der Waals surface area contributed by atoms with E-state index in [4.69, 9.17) is 0 Å². The van der Waals surface area contributed by atoms with Gasteiger partial charge in [0.25, 0.3) is 0 Å². The van der Waals surface area contributed by atoms with Gasteiger partial charge in [-0.1, -0.05) is 118 Å². The maximum atomic E-state index is 11.7. The van der Waals surface area contributed by atoms with Crippen molar-refractivity contribution in [2.45, 2.75) is 137 Å². The lowest BCUT2D eigenvalue weighted by Gasteiger charge is -2.22. The third-order valence-corrected chi connectivity index (χ3v) is 6.19. The molecule has 0 aliphatic heterocycles. The molecule has 0 aromatic rings. The fourth-order valence-corrected chi connectivity index (χ4v) is 4.28. The molecule has 0 aliphatic carbocycles. The summed E-state index contributed by atoms with van der Waals surface area (Å²) in [6.07, 6.45) is 21.1. The molecule has 0 fully saturated rings. The van der Waals surface area contributed by atoms with Gasteiger partial charge >= 0.3 is 5.97 Å². The minimum atomic E-state index is -0.563. The average Bonchev–Trinajstić information content (AvgIpc) is 2.64. The van der Waals surface area contributed by atoms with Crippen molar-refractivity contribution in [2.24, 2.45) is 17.8 Å². The quantitative estimate of drug-likeness (QED) is 0.214. The van der Waals surface area contributed by atoms with E-state index < -0.39 is 5.97 Å². The average molecular weight is 383 g/mol. The Morgan fingerprint density at radius 2 is 1.26 bits per heavy atom. The van der Waals surface area contributed by atoms with Crippen molar-refractivity contribution in [3.8, 4) is 0 Å². The fraction of sp³-hybridized carbons (Fsp3) is 0.960. The molecule has 0 spiro atoms. The Balaban J connectivity index is 3.98. The van der Waals surface area contributed by atoms with Crippen molar-refractivity contribution in [1.29, 1.82) is 0 Å². The van der Waals surface area contributed by atoms with Crippen molar-refractivity contribution in [3.63, 3.8) is 0 Å². The van der Waals surface area contributed by atoms with Crippen LogP contribution < -0.4 is 0 Å². The highest BCUT2D eigenvalue weighted by Crippen LogP contribution is 2.28. The zero-order valence-electron chi connectivity index (χ0n) is 19.1. The summed E-state index contributed by atoms with van der Waals surface area (Å²) in [4.78, 5) is 11.7. The predicted molar refractivity (Wildman–Crippen MR) is 119 cm³/mol. The summed E-state index contributed by atoms with van der Waals surface area (Å²) in [5, 5.41) is 9.66. The van der Waals surface area contributed by atoms with Crippen LogP contribution in [0.1, 0.15) is 137 Å². The zero-order chi connectivity index (χ0) is 20.3. The molecular formula is C25H50O2. The number of aliphatic carboxylic acids is 1. The number of carbonyl (C=O) groups is 1. The van der Waals surface area contributed by atoms with Gasteiger partial charge in [-0.2, -0.15) is 0 Å². The zero-order valence-corrected chi connectivity index (χ0v) is 19.1. The van der Waals surface area contributed by atoms with Gasteiger partial charge in [0.15, 0.2) is 0 Å². The van der Waals surface area contributed by atoms with Crippen molar-refractivity contribution in [3.05, 3.63) is 0 Å². The summed E-state index contributed by atoms with van der Waals surface area (Å²) in [7, 11) is 0. The first-order chi connectivity index (χ1) is 13.0. The molecule has 3 unspecified atom stereocenters. The second-order valence-corrected chi connectivity index (χ2v) is 9.01. The van der Waals surface area contributed by atoms with Gasteiger partial charge in [0.05, 0.1) is 5.92 Å². The minimum absolute atomic E-state index is 0.126. The van der Waals surface area contributed by atoms with Crippen molar-refractivity contribution >= 4 is 5.97 Å². The number of hydrogen-bond donors (Lipinski definition) is 1. The maximum absolute atomic E-state index is 11.7. The number of rotatable bonds is 20. The van der Waals surface area contributed by atoms with Crippen LogP contribution in [0.5, 0.6) is 0 Å². The third-order valence-electron chi connectivity index (χ3n) is 6.19. The Labute approximate surface area is 170 Å². The molecule has 0 amide bonds. The molecule has 0 heterocycles. The normalized spacial score (nSPS) is 14.8. The molecule has 0 saturated carbocycles. The van der Waals surface area contributed by atoms with E-state index in [0.717, 1.165) is 19.3 Å². The summed E-state index contributed by atoms with van der Waals surface area (Å²) >= 11 is 0. The Bertz CT molecular complexity index is 326. The van der Waals surface area contributed by atoms with Crippen LogP contribution in [0.3, 0.4) is 0 Å². The number of hydrogen-bond acceptors (Lipinski definition) is 1. The molecule has 2 heteroatoms. The van der Waals surface area contributed by atoms with Crippen LogP contribution in [-0.4, -0.2) is 11.1 Å². The van der Waals surface area contributed by atoms with E-state index in [-0.39, 0.29) is 5.92 Å². The summed E-state index contributed by atoms with van der Waals surface area (Å²) in [5.41, 5.74) is 0. The van der Waals surface area contributed by atoms with Crippen molar-refractivity contribution in [1.82, 2.24) is 0 Å². The number of unbranched alkanes of at least 4 members (excludes halogenated alkanes) is 8. The summed E-state index contributed by atoms with van der Waals surface area (Å²) in [6, 6.07) is 0. The first-order valence-corrected chi connectivity index (χ1v) is 12.3. The lowest BCUT2D eigenvalue weighted by Crippen LogP contribution is -2.19. The highest BCUT2D eigenvalue weighted by molar-refractivity contribution is 5.69. The Morgan fingerprint density at radius 1 is 0.667 bits per heavy atom. The molecule has 0 saturated heterocycles. The highest BCUT2D eigenvalue weighted by atomic mass is 16.4. The first-order valence-electron chi connectivity index (χ1n) is 12.3. The van der Waals surface area contributed by atoms with Gasteiger partial charge in [-0.15, -0.1) is 0 Å². The molecule has 2 nitrogen and oxygen atoms in total. The van der Waals surface area contributed by atoms with Gasteiger partial charge in [-0.25, -0.2) is 0 Å². The maximum Gasteiger partial charge on any atom is 0.306 e. The summed E-state index contributed by atoms with van der Waals surface area (Å²) in [5.74, 6) is 0.595. The molecular weight excluding hydrogens is 332 g/mol. The molecule has 0 rings (SSSR count). The molecule has 0 aromatic heterocycles. The van der Waals surface area contributed by atoms with E-state index in [1.165, 1.54) is 89.9 Å². The second-order valence-electron chi connectivity index (χ2n) is 9.01. The number of carboxylic acid groups (broad SMARTS) is 1. The lowest BCUT2D eigenvalue weighted by molar-refractivity contribution is -0.142. The van der Waals surface area contributed by atoms with Crippen LogP contribution in [0.2, 0.25) is 0 Å². The fourth-order valence-electron chi connectivity index (χ4n) is 4.28. The van der Waals surface area contributed by atoms with Crippen LogP contribution in [0.15, 0.2) is 0 Å². The Morgan fingerprint density at radius 3 is 1.81 bits per heavy atom. The highest BCUT2D eigenvalue weighted by Gasteiger charge is 2.22. The van der Waals surface area contributed by atoms with Gasteiger partial charge in [-0.3, -0.25) is 4.79 Å². The molecule has 162 valence electrons. The SMILES string of the molecule is CCCCCCCCCCC(C)CCC(CC(CCC)CCCC)C(=O)O. The molecule has 0 bridgehead atoms. The monoisotopic (exact) mass is 382 g/mol. The van der Waals surface area contributed by atoms with Crippen molar-refractivity contribution in [2.75, 3.05) is 0 Å². The van der Waals surface area contributed by atoms with Gasteiger partial charge in [0.1, 0.15) is 0 Å². The van der Waals surface area contributed by atoms with Gasteiger partial charge < -0.3 is 5.11 Å². The van der Waals surface area contributed by atoms with Crippen molar-refractivity contribution < 1.29 is 9.90 Å². The molecule has 0 radical (unpaired) electrons. The molecule has 3 atom stereocenters. The summed E-state index contributed by atoms with van der Waals surface area (Å²) in [6.45, 7) is 9.04. The Kier molecular flexibility index (Phi) is 18.4. The molecule has 27 heavy (non-hydrogen) atoms. The smallest absolute Gasteiger partial charge is 0.306 e. The predicted octanol–water partition coefficient (Wildman–Crippen LogP) is 8.63. The van der Waals surface area contributed by atoms with E-state index in [0.29, 0.717) is 11.8 Å². The topological polar surface area (TPSA) is 37.3 Å². The second kappa shape index (κ2) is 18.8. The van der Waals surface area contributed by atoms with Gasteiger partial charge in [-0.05, 0) is 31.1 Å². The van der Waals surface area contributed by atoms with Crippen LogP contribution in [0.25, 0.3) is 0 Å². The summed E-state index contributed by atoms with van der Waals surface area (Å²) < 4.78 is 0. The molecule has 0 aromatic carbocycles.